The summed E-state index contributed by atoms with van der Waals surface area (Å²) in [7, 11) is -3.63. The van der Waals surface area contributed by atoms with E-state index in [-0.39, 0.29) is 18.5 Å². The number of amides is 1. The molecule has 0 aromatic heterocycles. The summed E-state index contributed by atoms with van der Waals surface area (Å²) in [6.45, 7) is 6.20. The largest absolute Gasteiger partial charge is 0.486 e. The number of fused-ring (bicyclic) bond motifs is 1. The van der Waals surface area contributed by atoms with E-state index in [9.17, 15) is 13.2 Å². The molecule has 0 spiro atoms. The van der Waals surface area contributed by atoms with Crippen LogP contribution >= 0.6 is 0 Å². The molecule has 3 rings (SSSR count). The summed E-state index contributed by atoms with van der Waals surface area (Å²) in [6, 6.07) is 10.7. The SMILES string of the molecule is Cc1cccc(C)c1N(CC(=O)N[C@H](C)c1ccc2c(c1)OCCO2)S(C)(=O)=O. The average Bonchev–Trinajstić information content (AvgIpc) is 2.65. The molecule has 7 nitrogen and oxygen atoms in total. The van der Waals surface area contributed by atoms with Crippen molar-refractivity contribution in [2.45, 2.75) is 26.8 Å². The third-order valence-electron chi connectivity index (χ3n) is 4.82. The third-order valence-corrected chi connectivity index (χ3v) is 5.93. The number of hydrogen-bond donors (Lipinski definition) is 1. The number of para-hydroxylation sites is 1. The van der Waals surface area contributed by atoms with Crippen LogP contribution in [-0.2, 0) is 14.8 Å². The van der Waals surface area contributed by atoms with Gasteiger partial charge in [-0.25, -0.2) is 8.42 Å². The quantitative estimate of drug-likeness (QED) is 0.780. The fourth-order valence-corrected chi connectivity index (χ4v) is 4.36. The molecular formula is C21H26N2O5S. The number of rotatable bonds is 6. The number of carbonyl (C=O) groups is 1. The molecule has 0 aliphatic carbocycles. The van der Waals surface area contributed by atoms with Gasteiger partial charge in [0.2, 0.25) is 15.9 Å². The summed E-state index contributed by atoms with van der Waals surface area (Å²) in [5, 5.41) is 2.87. The lowest BCUT2D eigenvalue weighted by Gasteiger charge is -2.26. The minimum Gasteiger partial charge on any atom is -0.486 e. The van der Waals surface area contributed by atoms with Gasteiger partial charge in [0.15, 0.2) is 11.5 Å². The van der Waals surface area contributed by atoms with Gasteiger partial charge in [0.05, 0.1) is 18.0 Å². The van der Waals surface area contributed by atoms with Crippen LogP contribution in [0.2, 0.25) is 0 Å². The molecule has 29 heavy (non-hydrogen) atoms. The van der Waals surface area contributed by atoms with Crippen LogP contribution in [0.4, 0.5) is 5.69 Å². The number of hydrogen-bond acceptors (Lipinski definition) is 5. The van der Waals surface area contributed by atoms with E-state index in [2.05, 4.69) is 5.32 Å². The molecule has 8 heteroatoms. The molecule has 0 radical (unpaired) electrons. The minimum absolute atomic E-state index is 0.292. The zero-order chi connectivity index (χ0) is 21.2. The van der Waals surface area contributed by atoms with Gasteiger partial charge in [-0.1, -0.05) is 24.3 Å². The number of sulfonamides is 1. The van der Waals surface area contributed by atoms with Gasteiger partial charge in [-0.2, -0.15) is 0 Å². The van der Waals surface area contributed by atoms with Gasteiger partial charge in [0.1, 0.15) is 19.8 Å². The first-order valence-electron chi connectivity index (χ1n) is 9.39. The first kappa shape index (κ1) is 21.0. The molecule has 1 aliphatic rings. The van der Waals surface area contributed by atoms with E-state index in [4.69, 9.17) is 9.47 Å². The summed E-state index contributed by atoms with van der Waals surface area (Å²) in [5.41, 5.74) is 2.98. The number of aryl methyl sites for hydroxylation is 2. The van der Waals surface area contributed by atoms with E-state index in [1.165, 1.54) is 0 Å². The van der Waals surface area contributed by atoms with Crippen molar-refractivity contribution in [3.8, 4) is 11.5 Å². The lowest BCUT2D eigenvalue weighted by molar-refractivity contribution is -0.120. The highest BCUT2D eigenvalue weighted by Gasteiger charge is 2.25. The zero-order valence-corrected chi connectivity index (χ0v) is 17.9. The summed E-state index contributed by atoms with van der Waals surface area (Å²) in [6.07, 6.45) is 1.11. The van der Waals surface area contributed by atoms with Crippen molar-refractivity contribution < 1.29 is 22.7 Å². The van der Waals surface area contributed by atoms with Crippen LogP contribution in [-0.4, -0.2) is 40.3 Å². The monoisotopic (exact) mass is 418 g/mol. The number of anilines is 1. The van der Waals surface area contributed by atoms with E-state index < -0.39 is 10.0 Å². The predicted molar refractivity (Wildman–Crippen MR) is 112 cm³/mol. The predicted octanol–water partition coefficient (Wildman–Crippen LogP) is 2.72. The number of carbonyl (C=O) groups excluding carboxylic acids is 1. The van der Waals surface area contributed by atoms with Crippen LogP contribution in [0.25, 0.3) is 0 Å². The lowest BCUT2D eigenvalue weighted by atomic mass is 10.1. The van der Waals surface area contributed by atoms with E-state index in [0.29, 0.717) is 30.4 Å². The van der Waals surface area contributed by atoms with Gasteiger partial charge < -0.3 is 14.8 Å². The van der Waals surface area contributed by atoms with E-state index in [1.54, 1.807) is 0 Å². The summed E-state index contributed by atoms with van der Waals surface area (Å²) in [4.78, 5) is 12.7. The third kappa shape index (κ3) is 4.82. The molecule has 1 N–H and O–H groups in total. The second-order valence-corrected chi connectivity index (χ2v) is 9.11. The van der Waals surface area contributed by atoms with E-state index >= 15 is 0 Å². The fourth-order valence-electron chi connectivity index (χ4n) is 3.39. The van der Waals surface area contributed by atoms with Gasteiger partial charge in [-0.15, -0.1) is 0 Å². The van der Waals surface area contributed by atoms with Crippen molar-refractivity contribution in [3.05, 3.63) is 53.1 Å². The van der Waals surface area contributed by atoms with Crippen LogP contribution in [0.5, 0.6) is 11.5 Å². The maximum Gasteiger partial charge on any atom is 0.241 e. The van der Waals surface area contributed by atoms with Crippen LogP contribution in [0.15, 0.2) is 36.4 Å². The van der Waals surface area contributed by atoms with E-state index in [0.717, 1.165) is 27.3 Å². The zero-order valence-electron chi connectivity index (χ0n) is 17.1. The summed E-state index contributed by atoms with van der Waals surface area (Å²) < 4.78 is 37.1. The van der Waals surface area contributed by atoms with Crippen molar-refractivity contribution in [2.24, 2.45) is 0 Å². The molecule has 0 saturated carbocycles. The molecule has 156 valence electrons. The Kier molecular flexibility index (Phi) is 6.02. The first-order chi connectivity index (χ1) is 13.7. The van der Waals surface area contributed by atoms with Crippen LogP contribution in [0.3, 0.4) is 0 Å². The Morgan fingerprint density at radius 1 is 1.10 bits per heavy atom. The van der Waals surface area contributed by atoms with E-state index in [1.807, 2.05) is 57.2 Å². The number of nitrogens with zero attached hydrogens (tertiary/aromatic N) is 1. The Morgan fingerprint density at radius 2 is 1.72 bits per heavy atom. The Hall–Kier alpha value is -2.74. The Morgan fingerprint density at radius 3 is 2.34 bits per heavy atom. The molecular weight excluding hydrogens is 392 g/mol. The molecule has 2 aromatic rings. The van der Waals surface area contributed by atoms with Gasteiger partial charge in [0, 0.05) is 0 Å². The molecule has 0 saturated heterocycles. The normalized spacial score (nSPS) is 14.2. The van der Waals surface area contributed by atoms with Gasteiger partial charge >= 0.3 is 0 Å². The summed E-state index contributed by atoms with van der Waals surface area (Å²) >= 11 is 0. The molecule has 0 fully saturated rings. The second-order valence-electron chi connectivity index (χ2n) is 7.20. The fraction of sp³-hybridized carbons (Fsp3) is 0.381. The van der Waals surface area contributed by atoms with Crippen molar-refractivity contribution in [3.63, 3.8) is 0 Å². The molecule has 2 aromatic carbocycles. The number of ether oxygens (including phenoxy) is 2. The van der Waals surface area contributed by atoms with Crippen molar-refractivity contribution >= 4 is 21.6 Å². The topological polar surface area (TPSA) is 84.9 Å². The van der Waals surface area contributed by atoms with Gasteiger partial charge in [0.25, 0.3) is 0 Å². The molecule has 0 bridgehead atoms. The highest BCUT2D eigenvalue weighted by Crippen LogP contribution is 2.32. The van der Waals surface area contributed by atoms with Crippen LogP contribution < -0.4 is 19.1 Å². The molecule has 0 unspecified atom stereocenters. The summed E-state index contributed by atoms with van der Waals surface area (Å²) in [5.74, 6) is 0.931. The minimum atomic E-state index is -3.63. The number of nitrogens with one attached hydrogen (secondary N) is 1. The smallest absolute Gasteiger partial charge is 0.241 e. The maximum absolute atomic E-state index is 12.7. The first-order valence-corrected chi connectivity index (χ1v) is 11.2. The highest BCUT2D eigenvalue weighted by molar-refractivity contribution is 7.92. The van der Waals surface area contributed by atoms with Crippen LogP contribution in [0, 0.1) is 13.8 Å². The second kappa shape index (κ2) is 8.32. The Bertz CT molecular complexity index is 999. The molecule has 1 atom stereocenters. The van der Waals surface area contributed by atoms with Crippen molar-refractivity contribution in [1.29, 1.82) is 0 Å². The molecule has 1 aliphatic heterocycles. The highest BCUT2D eigenvalue weighted by atomic mass is 32.2. The lowest BCUT2D eigenvalue weighted by Crippen LogP contribution is -2.41. The Labute approximate surface area is 171 Å². The van der Waals surface area contributed by atoms with Crippen LogP contribution in [0.1, 0.15) is 29.7 Å². The number of benzene rings is 2. The van der Waals surface area contributed by atoms with Crippen molar-refractivity contribution in [2.75, 3.05) is 30.3 Å². The average molecular weight is 419 g/mol. The maximum atomic E-state index is 12.7. The van der Waals surface area contributed by atoms with Gasteiger partial charge in [-0.3, -0.25) is 9.10 Å². The molecule has 1 heterocycles. The Balaban J connectivity index is 1.77. The molecule has 1 amide bonds. The van der Waals surface area contributed by atoms with Crippen molar-refractivity contribution in [1.82, 2.24) is 5.32 Å². The standard InChI is InChI=1S/C21H26N2O5S/c1-14-6-5-7-15(2)21(14)23(29(4,25)26)13-20(24)22-16(3)17-8-9-18-19(12-17)28-11-10-27-18/h5-9,12,16H,10-11,13H2,1-4H3,(H,22,24)/t16-/m1/s1. The van der Waals surface area contributed by atoms with Gasteiger partial charge in [-0.05, 0) is 49.6 Å².